The molecule has 0 radical (unpaired) electrons. The average Bonchev–Trinajstić information content (AvgIpc) is 3.21. The average molecular weight is 553 g/mol. The summed E-state index contributed by atoms with van der Waals surface area (Å²) in [5, 5.41) is 13.0. The van der Waals surface area contributed by atoms with E-state index in [-0.39, 0.29) is 23.8 Å². The van der Waals surface area contributed by atoms with E-state index in [0.29, 0.717) is 43.4 Å². The molecule has 3 rings (SSSR count). The Hall–Kier alpha value is -3.18. The third kappa shape index (κ3) is 8.70. The number of carboxylic acids is 1. The van der Waals surface area contributed by atoms with E-state index < -0.39 is 33.8 Å². The highest BCUT2D eigenvalue weighted by Crippen LogP contribution is 2.30. The summed E-state index contributed by atoms with van der Waals surface area (Å²) in [7, 11) is -3.77. The molecule has 0 heterocycles. The number of nitrogens with zero attached hydrogens (tertiary/aromatic N) is 1. The minimum atomic E-state index is -4.42. The Morgan fingerprint density at radius 3 is 2.45 bits per heavy atom. The van der Waals surface area contributed by atoms with Crippen molar-refractivity contribution in [3.63, 3.8) is 0 Å². The first-order valence-corrected chi connectivity index (χ1v) is 13.7. The number of benzene rings is 2. The molecule has 1 fully saturated rings. The lowest BCUT2D eigenvalue weighted by molar-refractivity contribution is -0.138. The van der Waals surface area contributed by atoms with Gasteiger partial charge in [-0.1, -0.05) is 47.1 Å². The molecule has 38 heavy (non-hydrogen) atoms. The maximum Gasteiger partial charge on any atom is 0.416 e. The Kier molecular flexibility index (Phi) is 10.1. The summed E-state index contributed by atoms with van der Waals surface area (Å²) in [5.41, 5.74) is 1.37. The first kappa shape index (κ1) is 29.4. The van der Waals surface area contributed by atoms with E-state index in [1.807, 2.05) is 19.1 Å². The Morgan fingerprint density at radius 2 is 1.82 bits per heavy atom. The van der Waals surface area contributed by atoms with Gasteiger partial charge in [-0.3, -0.25) is 4.79 Å². The van der Waals surface area contributed by atoms with Gasteiger partial charge in [0.25, 0.3) is 0 Å². The standard InChI is InChI=1S/C27H31F3N2O5S/c1-19-8-14-22(15-9-19)38(35,36)32-25-17-16-24(23(25)6-4-2-3-5-7-26(33)34)31-37-18-20-10-12-21(13-11-20)27(28,29)30/h2,4,8-15,23,25,32H,3,5-7,16-18H2,1H3,(H,33,34)/b4-2-,31-24+/t23-,25-/m0/s1. The number of carbonyl (C=O) groups is 1. The quantitative estimate of drug-likeness (QED) is 0.195. The molecule has 0 amide bonds. The number of unbranched alkanes of at least 4 members (excludes halogenated alkanes) is 1. The Morgan fingerprint density at radius 1 is 1.13 bits per heavy atom. The molecule has 1 aliphatic rings. The fourth-order valence-corrected chi connectivity index (χ4v) is 5.48. The van der Waals surface area contributed by atoms with Gasteiger partial charge in [-0.05, 0) is 68.9 Å². The normalized spacial score (nSPS) is 19.3. The SMILES string of the molecule is Cc1ccc(S(=O)(=O)N[C@H]2CC/C(=N\OCc3ccc(C(F)(F)F)cc3)[C@@H]2C/C=C\CCCC(=O)O)cc1. The molecule has 2 aromatic carbocycles. The highest BCUT2D eigenvalue weighted by atomic mass is 32.2. The topological polar surface area (TPSA) is 105 Å². The first-order valence-electron chi connectivity index (χ1n) is 12.3. The lowest BCUT2D eigenvalue weighted by Crippen LogP contribution is -2.38. The molecule has 0 aliphatic heterocycles. The molecule has 2 aromatic rings. The van der Waals surface area contributed by atoms with Gasteiger partial charge in [-0.15, -0.1) is 0 Å². The number of alkyl halides is 3. The summed E-state index contributed by atoms with van der Waals surface area (Å²) in [4.78, 5) is 16.3. The number of rotatable bonds is 12. The van der Waals surface area contributed by atoms with Crippen molar-refractivity contribution in [3.8, 4) is 0 Å². The molecule has 2 N–H and O–H groups in total. The molecule has 7 nitrogen and oxygen atoms in total. The molecular weight excluding hydrogens is 521 g/mol. The number of hydrogen-bond acceptors (Lipinski definition) is 5. The third-order valence-corrected chi connectivity index (χ3v) is 7.78. The van der Waals surface area contributed by atoms with E-state index in [1.165, 1.54) is 12.1 Å². The van der Waals surface area contributed by atoms with Crippen LogP contribution in [0.4, 0.5) is 13.2 Å². The zero-order valence-corrected chi connectivity index (χ0v) is 21.8. The van der Waals surface area contributed by atoms with Crippen LogP contribution in [0.3, 0.4) is 0 Å². The molecule has 0 bridgehead atoms. The van der Waals surface area contributed by atoms with Crippen LogP contribution in [0.1, 0.15) is 55.2 Å². The van der Waals surface area contributed by atoms with Crippen LogP contribution >= 0.6 is 0 Å². The van der Waals surface area contributed by atoms with Crippen LogP contribution in [0.15, 0.2) is 70.7 Å². The summed E-state index contributed by atoms with van der Waals surface area (Å²) < 4.78 is 67.1. The second kappa shape index (κ2) is 13.1. The largest absolute Gasteiger partial charge is 0.481 e. The van der Waals surface area contributed by atoms with Crippen LogP contribution in [-0.4, -0.2) is 31.2 Å². The monoisotopic (exact) mass is 552 g/mol. The molecule has 0 unspecified atom stereocenters. The Labute approximate surface area is 220 Å². The van der Waals surface area contributed by atoms with Crippen molar-refractivity contribution < 1.29 is 36.3 Å². The van der Waals surface area contributed by atoms with Crippen molar-refractivity contribution in [1.82, 2.24) is 4.72 Å². The first-order chi connectivity index (χ1) is 18.0. The summed E-state index contributed by atoms with van der Waals surface area (Å²) in [6.07, 6.45) is 1.94. The number of halogens is 3. The van der Waals surface area contributed by atoms with Crippen molar-refractivity contribution in [2.45, 2.75) is 69.2 Å². The number of aliphatic carboxylic acids is 1. The van der Waals surface area contributed by atoms with Gasteiger partial charge in [0.2, 0.25) is 10.0 Å². The number of hydrogen-bond donors (Lipinski definition) is 2. The fourth-order valence-electron chi connectivity index (χ4n) is 4.17. The third-order valence-electron chi connectivity index (χ3n) is 6.28. The number of nitrogens with one attached hydrogen (secondary N) is 1. The van der Waals surface area contributed by atoms with E-state index >= 15 is 0 Å². The Bertz CT molecular complexity index is 1240. The number of sulfonamides is 1. The predicted octanol–water partition coefficient (Wildman–Crippen LogP) is 5.84. The maximum atomic E-state index is 13.0. The second-order valence-corrected chi connectivity index (χ2v) is 10.9. The van der Waals surface area contributed by atoms with Crippen LogP contribution in [0.2, 0.25) is 0 Å². The van der Waals surface area contributed by atoms with Gasteiger partial charge in [0.1, 0.15) is 6.61 Å². The van der Waals surface area contributed by atoms with Gasteiger partial charge in [0, 0.05) is 18.4 Å². The molecular formula is C27H31F3N2O5S. The number of oxime groups is 1. The van der Waals surface area contributed by atoms with E-state index in [9.17, 15) is 26.4 Å². The van der Waals surface area contributed by atoms with Crippen LogP contribution in [0, 0.1) is 12.8 Å². The molecule has 0 aromatic heterocycles. The van der Waals surface area contributed by atoms with Gasteiger partial charge in [-0.2, -0.15) is 13.2 Å². The molecule has 1 aliphatic carbocycles. The lowest BCUT2D eigenvalue weighted by Gasteiger charge is -2.20. The predicted molar refractivity (Wildman–Crippen MR) is 137 cm³/mol. The van der Waals surface area contributed by atoms with E-state index in [4.69, 9.17) is 9.94 Å². The number of carboxylic acid groups (broad SMARTS) is 1. The molecule has 11 heteroatoms. The minimum absolute atomic E-state index is 0.0286. The molecule has 2 atom stereocenters. The summed E-state index contributed by atoms with van der Waals surface area (Å²) >= 11 is 0. The van der Waals surface area contributed by atoms with Crippen molar-refractivity contribution in [3.05, 3.63) is 77.4 Å². The fraction of sp³-hybridized carbons (Fsp3) is 0.407. The zero-order valence-electron chi connectivity index (χ0n) is 20.9. The summed E-state index contributed by atoms with van der Waals surface area (Å²) in [5.74, 6) is -1.15. The van der Waals surface area contributed by atoms with Gasteiger partial charge in [-0.25, -0.2) is 13.1 Å². The van der Waals surface area contributed by atoms with Crippen LogP contribution in [0.5, 0.6) is 0 Å². The van der Waals surface area contributed by atoms with Crippen LogP contribution < -0.4 is 4.72 Å². The van der Waals surface area contributed by atoms with Crippen LogP contribution in [-0.2, 0) is 32.4 Å². The molecule has 0 spiro atoms. The van der Waals surface area contributed by atoms with E-state index in [0.717, 1.165) is 17.7 Å². The molecule has 1 saturated carbocycles. The van der Waals surface area contributed by atoms with Gasteiger partial charge in [0.05, 0.1) is 16.2 Å². The highest BCUT2D eigenvalue weighted by molar-refractivity contribution is 7.89. The van der Waals surface area contributed by atoms with Gasteiger partial charge >= 0.3 is 12.1 Å². The number of aryl methyl sites for hydroxylation is 1. The Balaban J connectivity index is 1.69. The molecule has 0 saturated heterocycles. The number of allylic oxidation sites excluding steroid dienone is 2. The van der Waals surface area contributed by atoms with Crippen molar-refractivity contribution in [2.75, 3.05) is 0 Å². The van der Waals surface area contributed by atoms with Crippen LogP contribution in [0.25, 0.3) is 0 Å². The smallest absolute Gasteiger partial charge is 0.416 e. The van der Waals surface area contributed by atoms with E-state index in [1.54, 1.807) is 24.3 Å². The van der Waals surface area contributed by atoms with Gasteiger partial charge in [0.15, 0.2) is 0 Å². The molecule has 206 valence electrons. The van der Waals surface area contributed by atoms with Gasteiger partial charge < -0.3 is 9.94 Å². The summed E-state index contributed by atoms with van der Waals surface area (Å²) in [6.45, 7) is 1.84. The lowest BCUT2D eigenvalue weighted by atomic mass is 9.98. The second-order valence-electron chi connectivity index (χ2n) is 9.23. The van der Waals surface area contributed by atoms with Crippen molar-refractivity contribution >= 4 is 21.7 Å². The zero-order chi connectivity index (χ0) is 27.8. The maximum absolute atomic E-state index is 13.0. The van der Waals surface area contributed by atoms with Crippen molar-refractivity contribution in [2.24, 2.45) is 11.1 Å². The van der Waals surface area contributed by atoms with E-state index in [2.05, 4.69) is 9.88 Å². The highest BCUT2D eigenvalue weighted by Gasteiger charge is 2.36. The van der Waals surface area contributed by atoms with Crippen molar-refractivity contribution in [1.29, 1.82) is 0 Å². The summed E-state index contributed by atoms with van der Waals surface area (Å²) in [6, 6.07) is 10.7. The minimum Gasteiger partial charge on any atom is -0.481 e.